The highest BCUT2D eigenvalue weighted by atomic mass is 19.1. The van der Waals surface area contributed by atoms with Crippen LogP contribution in [-0.4, -0.2) is 34.1 Å². The van der Waals surface area contributed by atoms with Gasteiger partial charge < -0.3 is 19.3 Å². The number of halogens is 1. The molecule has 0 saturated heterocycles. The zero-order valence-corrected chi connectivity index (χ0v) is 19.7. The van der Waals surface area contributed by atoms with Crippen molar-refractivity contribution in [1.82, 2.24) is 20.4 Å². The Morgan fingerprint density at radius 3 is 2.44 bits per heavy atom. The minimum Gasteiger partial charge on any atom is -0.493 e. The number of carbonyl (C=O) groups excluding carboxylic acids is 2. The van der Waals surface area contributed by atoms with Crippen molar-refractivity contribution in [3.05, 3.63) is 53.9 Å². The minimum atomic E-state index is -0.618. The average molecular weight is 471 g/mol. The summed E-state index contributed by atoms with van der Waals surface area (Å²) in [5.41, 5.74) is 0.441. The summed E-state index contributed by atoms with van der Waals surface area (Å²) in [5, 5.41) is 6.87. The fourth-order valence-corrected chi connectivity index (χ4v) is 3.08. The molecular weight excluding hydrogens is 443 g/mol. The maximum absolute atomic E-state index is 13.2. The highest BCUT2D eigenvalue weighted by Gasteiger charge is 2.27. The Bertz CT molecular complexity index is 1140. The third kappa shape index (κ3) is 5.94. The van der Waals surface area contributed by atoms with Gasteiger partial charge in [0.2, 0.25) is 5.75 Å². The van der Waals surface area contributed by atoms with Crippen LogP contribution in [0.15, 0.2) is 41.1 Å². The quantitative estimate of drug-likeness (QED) is 0.459. The first-order valence-electron chi connectivity index (χ1n) is 10.8. The number of carbonyl (C=O) groups is 2. The van der Waals surface area contributed by atoms with Crippen LogP contribution in [0.2, 0.25) is 0 Å². The zero-order chi connectivity index (χ0) is 24.8. The van der Waals surface area contributed by atoms with E-state index in [0.29, 0.717) is 12.0 Å². The number of methoxy groups -OCH3 is 1. The zero-order valence-electron chi connectivity index (χ0n) is 19.7. The summed E-state index contributed by atoms with van der Waals surface area (Å²) in [4.78, 5) is 33.9. The number of ether oxygens (including phenoxy) is 2. The summed E-state index contributed by atoms with van der Waals surface area (Å²) in [6.45, 7) is 7.33. The molecule has 0 unspecified atom stereocenters. The lowest BCUT2D eigenvalue weighted by Crippen LogP contribution is -2.31. The Morgan fingerprint density at radius 2 is 1.82 bits per heavy atom. The topological polar surface area (TPSA) is 116 Å². The van der Waals surface area contributed by atoms with Crippen LogP contribution >= 0.6 is 0 Å². The lowest BCUT2D eigenvalue weighted by Gasteiger charge is -2.19. The number of esters is 1. The van der Waals surface area contributed by atoms with Crippen molar-refractivity contribution < 1.29 is 28.0 Å². The molecule has 180 valence electrons. The van der Waals surface area contributed by atoms with E-state index in [1.54, 1.807) is 13.8 Å². The maximum Gasteiger partial charge on any atom is 0.313 e. The van der Waals surface area contributed by atoms with Gasteiger partial charge in [-0.15, -0.1) is 0 Å². The number of aromatic nitrogens is 3. The molecule has 2 aromatic heterocycles. The van der Waals surface area contributed by atoms with E-state index >= 15 is 0 Å². The second-order valence-electron chi connectivity index (χ2n) is 8.39. The van der Waals surface area contributed by atoms with Crippen LogP contribution in [-0.2, 0) is 4.79 Å². The third-order valence-corrected chi connectivity index (χ3v) is 4.83. The molecule has 0 aliphatic rings. The molecule has 1 aromatic carbocycles. The van der Waals surface area contributed by atoms with Gasteiger partial charge in [0.1, 0.15) is 5.82 Å². The van der Waals surface area contributed by atoms with Gasteiger partial charge >= 0.3 is 5.97 Å². The molecule has 10 heteroatoms. The Kier molecular flexibility index (Phi) is 7.93. The van der Waals surface area contributed by atoms with Crippen LogP contribution in [0.25, 0.3) is 11.5 Å². The lowest BCUT2D eigenvalue weighted by atomic mass is 10.0. The van der Waals surface area contributed by atoms with Crippen molar-refractivity contribution in [3.8, 4) is 23.0 Å². The standard InChI is InChI=1S/C24H27FN4O5/c1-13(2)12-17(21-28-23(34-29-21)15-6-8-16(25)9-7-15)27-22(30)19-20(33-24(31)14(3)4)18(32-5)10-11-26-19/h6-11,13-14,17H,12H2,1-5H3,(H,27,30)/t17-/m0/s1. The molecule has 1 N–H and O–H groups in total. The van der Waals surface area contributed by atoms with Crippen molar-refractivity contribution in [2.24, 2.45) is 11.8 Å². The van der Waals surface area contributed by atoms with Gasteiger partial charge in [-0.3, -0.25) is 9.59 Å². The number of benzene rings is 1. The molecule has 1 atom stereocenters. The van der Waals surface area contributed by atoms with Crippen molar-refractivity contribution in [2.75, 3.05) is 7.11 Å². The summed E-state index contributed by atoms with van der Waals surface area (Å²) in [6, 6.07) is 6.52. The summed E-state index contributed by atoms with van der Waals surface area (Å²) in [5.74, 6) is -1.15. The van der Waals surface area contributed by atoms with E-state index < -0.39 is 23.8 Å². The Balaban J connectivity index is 1.90. The second kappa shape index (κ2) is 10.9. The first-order valence-corrected chi connectivity index (χ1v) is 10.8. The molecule has 3 rings (SSSR count). The summed E-state index contributed by atoms with van der Waals surface area (Å²) in [7, 11) is 1.40. The van der Waals surface area contributed by atoms with Crippen LogP contribution in [0.1, 0.15) is 56.5 Å². The van der Waals surface area contributed by atoms with E-state index in [0.717, 1.165) is 0 Å². The fourth-order valence-electron chi connectivity index (χ4n) is 3.08. The normalized spacial score (nSPS) is 12.0. The molecular formula is C24H27FN4O5. The number of rotatable bonds is 9. The fraction of sp³-hybridized carbons (Fsp3) is 0.375. The van der Waals surface area contributed by atoms with Crippen LogP contribution in [0, 0.1) is 17.7 Å². The monoisotopic (exact) mass is 470 g/mol. The predicted molar refractivity (Wildman–Crippen MR) is 121 cm³/mol. The Labute approximate surface area is 196 Å². The molecule has 3 aromatic rings. The number of hydrogen-bond donors (Lipinski definition) is 1. The minimum absolute atomic E-state index is 0.0652. The van der Waals surface area contributed by atoms with Gasteiger partial charge in [-0.25, -0.2) is 9.37 Å². The molecule has 34 heavy (non-hydrogen) atoms. The van der Waals surface area contributed by atoms with Crippen molar-refractivity contribution in [3.63, 3.8) is 0 Å². The van der Waals surface area contributed by atoms with Crippen LogP contribution in [0.4, 0.5) is 4.39 Å². The highest BCUT2D eigenvalue weighted by molar-refractivity contribution is 5.97. The first kappa shape index (κ1) is 24.8. The van der Waals surface area contributed by atoms with Crippen molar-refractivity contribution in [2.45, 2.75) is 40.2 Å². The van der Waals surface area contributed by atoms with E-state index in [9.17, 15) is 14.0 Å². The van der Waals surface area contributed by atoms with E-state index in [4.69, 9.17) is 14.0 Å². The Morgan fingerprint density at radius 1 is 1.12 bits per heavy atom. The number of hydrogen-bond acceptors (Lipinski definition) is 8. The smallest absolute Gasteiger partial charge is 0.313 e. The van der Waals surface area contributed by atoms with Gasteiger partial charge in [0.15, 0.2) is 17.3 Å². The predicted octanol–water partition coefficient (Wildman–Crippen LogP) is 4.36. The van der Waals surface area contributed by atoms with Crippen LogP contribution in [0.3, 0.4) is 0 Å². The van der Waals surface area contributed by atoms with E-state index in [1.807, 2.05) is 13.8 Å². The van der Waals surface area contributed by atoms with Gasteiger partial charge in [-0.1, -0.05) is 32.9 Å². The van der Waals surface area contributed by atoms with E-state index in [1.165, 1.54) is 43.6 Å². The number of amides is 1. The number of nitrogens with zero attached hydrogens (tertiary/aromatic N) is 3. The molecule has 0 saturated carbocycles. The molecule has 9 nitrogen and oxygen atoms in total. The highest BCUT2D eigenvalue weighted by Crippen LogP contribution is 2.31. The number of nitrogens with one attached hydrogen (secondary N) is 1. The third-order valence-electron chi connectivity index (χ3n) is 4.83. The summed E-state index contributed by atoms with van der Waals surface area (Å²) in [6.07, 6.45) is 1.89. The second-order valence-corrected chi connectivity index (χ2v) is 8.39. The molecule has 1 amide bonds. The van der Waals surface area contributed by atoms with Gasteiger partial charge in [-0.05, 0) is 36.6 Å². The van der Waals surface area contributed by atoms with Gasteiger partial charge in [0.25, 0.3) is 11.8 Å². The largest absolute Gasteiger partial charge is 0.493 e. The molecule has 0 bridgehead atoms. The summed E-state index contributed by atoms with van der Waals surface area (Å²) < 4.78 is 29.3. The molecule has 2 heterocycles. The maximum atomic E-state index is 13.2. The molecule has 0 spiro atoms. The van der Waals surface area contributed by atoms with Gasteiger partial charge in [0, 0.05) is 17.8 Å². The summed E-state index contributed by atoms with van der Waals surface area (Å²) >= 11 is 0. The van der Waals surface area contributed by atoms with Crippen molar-refractivity contribution in [1.29, 1.82) is 0 Å². The molecule has 0 aliphatic heterocycles. The van der Waals surface area contributed by atoms with Crippen LogP contribution < -0.4 is 14.8 Å². The SMILES string of the molecule is COc1ccnc(C(=O)N[C@@H](CC(C)C)c2noc(-c3ccc(F)cc3)n2)c1OC(=O)C(C)C. The Hall–Kier alpha value is -3.82. The first-order chi connectivity index (χ1) is 16.2. The number of pyridine rings is 1. The average Bonchev–Trinajstić information content (AvgIpc) is 3.29. The molecule has 0 aliphatic carbocycles. The van der Waals surface area contributed by atoms with Gasteiger partial charge in [0.05, 0.1) is 19.1 Å². The van der Waals surface area contributed by atoms with E-state index in [2.05, 4.69) is 20.4 Å². The van der Waals surface area contributed by atoms with E-state index in [-0.39, 0.29) is 40.6 Å². The van der Waals surface area contributed by atoms with Crippen molar-refractivity contribution >= 4 is 11.9 Å². The lowest BCUT2D eigenvalue weighted by molar-refractivity contribution is -0.137. The van der Waals surface area contributed by atoms with Crippen LogP contribution in [0.5, 0.6) is 11.5 Å². The molecule has 0 radical (unpaired) electrons. The molecule has 0 fully saturated rings. The van der Waals surface area contributed by atoms with Gasteiger partial charge in [-0.2, -0.15) is 4.98 Å².